The van der Waals surface area contributed by atoms with Crippen LogP contribution in [-0.4, -0.2) is 14.9 Å². The lowest BCUT2D eigenvalue weighted by Gasteiger charge is -2.06. The molecule has 0 aliphatic carbocycles. The number of nitrogens with zero attached hydrogens (tertiary/aromatic N) is 3. The van der Waals surface area contributed by atoms with Gasteiger partial charge in [0.05, 0.1) is 17.2 Å². The maximum Gasteiger partial charge on any atom is 0.327 e. The van der Waals surface area contributed by atoms with E-state index in [4.69, 9.17) is 0 Å². The summed E-state index contributed by atoms with van der Waals surface area (Å²) < 4.78 is 13.3. The Labute approximate surface area is 102 Å². The second kappa shape index (κ2) is 5.17. The fourth-order valence-electron chi connectivity index (χ4n) is 1.45. The largest absolute Gasteiger partial charge is 0.374 e. The van der Waals surface area contributed by atoms with Crippen LogP contribution in [0.2, 0.25) is 0 Å². The van der Waals surface area contributed by atoms with Crippen molar-refractivity contribution in [1.82, 2.24) is 9.97 Å². The summed E-state index contributed by atoms with van der Waals surface area (Å²) in [7, 11) is 0. The molecule has 2 aromatic rings. The van der Waals surface area contributed by atoms with E-state index in [1.54, 1.807) is 12.3 Å². The van der Waals surface area contributed by atoms with Crippen molar-refractivity contribution in [2.24, 2.45) is 0 Å². The summed E-state index contributed by atoms with van der Waals surface area (Å²) in [5.41, 5.74) is 0.216. The Morgan fingerprint density at radius 2 is 2.22 bits per heavy atom. The fraction of sp³-hybridized carbons (Fsp3) is 0.0909. The average Bonchev–Trinajstić information content (AvgIpc) is 2.37. The van der Waals surface area contributed by atoms with Gasteiger partial charge in [0.2, 0.25) is 5.82 Å². The predicted molar refractivity (Wildman–Crippen MR) is 62.4 cm³/mol. The van der Waals surface area contributed by atoms with Crippen LogP contribution in [0.15, 0.2) is 36.8 Å². The Hall–Kier alpha value is -2.57. The lowest BCUT2D eigenvalue weighted by atomic mass is 10.2. The number of halogens is 1. The molecule has 0 bridgehead atoms. The summed E-state index contributed by atoms with van der Waals surface area (Å²) in [5.74, 6) is -0.868. The van der Waals surface area contributed by atoms with Crippen LogP contribution in [0.3, 0.4) is 0 Å². The number of anilines is 1. The third-order valence-electron chi connectivity index (χ3n) is 2.27. The Bertz CT molecular complexity index is 562. The molecule has 1 aromatic heterocycles. The summed E-state index contributed by atoms with van der Waals surface area (Å²) >= 11 is 0. The van der Waals surface area contributed by atoms with Gasteiger partial charge in [-0.1, -0.05) is 6.07 Å². The van der Waals surface area contributed by atoms with Gasteiger partial charge in [-0.3, -0.25) is 10.1 Å². The third-order valence-corrected chi connectivity index (χ3v) is 2.27. The van der Waals surface area contributed by atoms with E-state index in [0.717, 1.165) is 6.07 Å². The monoisotopic (exact) mass is 248 g/mol. The number of hydrogen-bond acceptors (Lipinski definition) is 5. The van der Waals surface area contributed by atoms with Gasteiger partial charge < -0.3 is 5.32 Å². The Morgan fingerprint density at radius 3 is 2.89 bits per heavy atom. The van der Waals surface area contributed by atoms with Gasteiger partial charge >= 0.3 is 5.69 Å². The fourth-order valence-corrected chi connectivity index (χ4v) is 1.45. The quantitative estimate of drug-likeness (QED) is 0.662. The maximum absolute atomic E-state index is 13.3. The molecule has 0 amide bonds. The third kappa shape index (κ3) is 2.57. The molecular weight excluding hydrogens is 239 g/mol. The van der Waals surface area contributed by atoms with Crippen LogP contribution in [0.25, 0.3) is 0 Å². The zero-order chi connectivity index (χ0) is 13.0. The number of rotatable bonds is 4. The molecule has 6 nitrogen and oxygen atoms in total. The summed E-state index contributed by atoms with van der Waals surface area (Å²) in [4.78, 5) is 17.7. The molecule has 0 atom stereocenters. The molecule has 92 valence electrons. The van der Waals surface area contributed by atoms with E-state index in [1.807, 2.05) is 0 Å². The zero-order valence-corrected chi connectivity index (χ0v) is 9.21. The highest BCUT2D eigenvalue weighted by Crippen LogP contribution is 2.27. The van der Waals surface area contributed by atoms with Crippen molar-refractivity contribution in [2.75, 3.05) is 5.32 Å². The zero-order valence-electron chi connectivity index (χ0n) is 9.21. The van der Waals surface area contributed by atoms with Crippen LogP contribution in [0, 0.1) is 15.9 Å². The van der Waals surface area contributed by atoms with E-state index in [-0.39, 0.29) is 12.2 Å². The molecule has 2 rings (SSSR count). The smallest absolute Gasteiger partial charge is 0.327 e. The molecular formula is C11H9FN4O2. The van der Waals surface area contributed by atoms with Crippen LogP contribution in [0.4, 0.5) is 15.8 Å². The first-order valence-electron chi connectivity index (χ1n) is 5.10. The van der Waals surface area contributed by atoms with E-state index in [1.165, 1.54) is 18.5 Å². The molecule has 0 spiro atoms. The summed E-state index contributed by atoms with van der Waals surface area (Å²) in [6.45, 7) is 0.257. The van der Waals surface area contributed by atoms with Gasteiger partial charge in [-0.05, 0) is 18.2 Å². The minimum absolute atomic E-state index is 0.124. The normalized spacial score (nSPS) is 10.1. The van der Waals surface area contributed by atoms with Crippen LogP contribution in [0.1, 0.15) is 5.69 Å². The van der Waals surface area contributed by atoms with Gasteiger partial charge in [0.25, 0.3) is 0 Å². The molecule has 7 heteroatoms. The standard InChI is InChI=1S/C11H9FN4O2/c12-9-2-1-3-10(11(9)16(17)18)14-6-8-4-5-13-7-15-8/h1-5,7,14H,6H2. The molecule has 0 unspecified atom stereocenters. The number of aromatic nitrogens is 2. The summed E-state index contributed by atoms with van der Waals surface area (Å²) in [6.07, 6.45) is 2.93. The Kier molecular flexibility index (Phi) is 3.42. The van der Waals surface area contributed by atoms with Crippen molar-refractivity contribution in [1.29, 1.82) is 0 Å². The van der Waals surface area contributed by atoms with E-state index in [0.29, 0.717) is 5.69 Å². The molecule has 1 heterocycles. The van der Waals surface area contributed by atoms with Crippen molar-refractivity contribution in [3.63, 3.8) is 0 Å². The van der Waals surface area contributed by atoms with Crippen LogP contribution >= 0.6 is 0 Å². The molecule has 1 N–H and O–H groups in total. The van der Waals surface area contributed by atoms with Gasteiger partial charge in [-0.25, -0.2) is 9.97 Å². The molecule has 0 saturated heterocycles. The van der Waals surface area contributed by atoms with Gasteiger partial charge in [0.15, 0.2) is 0 Å². The average molecular weight is 248 g/mol. The molecule has 0 aliphatic rings. The minimum atomic E-state index is -0.868. The molecule has 18 heavy (non-hydrogen) atoms. The van der Waals surface area contributed by atoms with Gasteiger partial charge in [-0.2, -0.15) is 4.39 Å². The molecule has 0 saturated carbocycles. The minimum Gasteiger partial charge on any atom is -0.374 e. The number of para-hydroxylation sites is 1. The second-order valence-electron chi connectivity index (χ2n) is 3.45. The van der Waals surface area contributed by atoms with Gasteiger partial charge in [0.1, 0.15) is 12.0 Å². The van der Waals surface area contributed by atoms with Crippen molar-refractivity contribution < 1.29 is 9.31 Å². The first kappa shape index (κ1) is 11.9. The molecule has 1 aromatic carbocycles. The lowest BCUT2D eigenvalue weighted by molar-refractivity contribution is -0.386. The number of nitro benzene ring substituents is 1. The molecule has 0 fully saturated rings. The SMILES string of the molecule is O=[N+]([O-])c1c(F)cccc1NCc1ccncn1. The highest BCUT2D eigenvalue weighted by atomic mass is 19.1. The van der Waals surface area contributed by atoms with E-state index < -0.39 is 16.4 Å². The van der Waals surface area contributed by atoms with Crippen molar-refractivity contribution in [3.05, 3.63) is 58.4 Å². The Balaban J connectivity index is 2.20. The van der Waals surface area contributed by atoms with Crippen molar-refractivity contribution in [2.45, 2.75) is 6.54 Å². The topological polar surface area (TPSA) is 81.0 Å². The highest BCUT2D eigenvalue weighted by molar-refractivity contribution is 5.61. The van der Waals surface area contributed by atoms with E-state index in [2.05, 4.69) is 15.3 Å². The second-order valence-corrected chi connectivity index (χ2v) is 3.45. The number of nitrogens with one attached hydrogen (secondary N) is 1. The van der Waals surface area contributed by atoms with Crippen LogP contribution in [0.5, 0.6) is 0 Å². The number of nitro groups is 1. The highest BCUT2D eigenvalue weighted by Gasteiger charge is 2.19. The van der Waals surface area contributed by atoms with E-state index >= 15 is 0 Å². The molecule has 0 radical (unpaired) electrons. The number of hydrogen-bond donors (Lipinski definition) is 1. The van der Waals surface area contributed by atoms with Crippen LogP contribution in [-0.2, 0) is 6.54 Å². The predicted octanol–water partition coefficient (Wildman–Crippen LogP) is 2.14. The van der Waals surface area contributed by atoms with Crippen molar-refractivity contribution in [3.8, 4) is 0 Å². The number of benzene rings is 1. The lowest BCUT2D eigenvalue weighted by Crippen LogP contribution is -2.05. The first-order valence-corrected chi connectivity index (χ1v) is 5.10. The van der Waals surface area contributed by atoms with Gasteiger partial charge in [-0.15, -0.1) is 0 Å². The Morgan fingerprint density at radius 1 is 1.39 bits per heavy atom. The van der Waals surface area contributed by atoms with Crippen LogP contribution < -0.4 is 5.32 Å². The summed E-state index contributed by atoms with van der Waals surface area (Å²) in [6, 6.07) is 5.57. The maximum atomic E-state index is 13.3. The van der Waals surface area contributed by atoms with E-state index in [9.17, 15) is 14.5 Å². The molecule has 0 aliphatic heterocycles. The van der Waals surface area contributed by atoms with Crippen molar-refractivity contribution >= 4 is 11.4 Å². The summed E-state index contributed by atoms with van der Waals surface area (Å²) in [5, 5.41) is 13.5. The first-order chi connectivity index (χ1) is 8.68. The van der Waals surface area contributed by atoms with Gasteiger partial charge in [0, 0.05) is 6.20 Å².